The first-order chi connectivity index (χ1) is 31.3. The minimum Gasteiger partial charge on any atom is -0.480 e. The van der Waals surface area contributed by atoms with Crippen molar-refractivity contribution in [1.29, 1.82) is 0 Å². The van der Waals surface area contributed by atoms with Crippen molar-refractivity contribution in [3.63, 3.8) is 0 Å². The third-order valence-corrected chi connectivity index (χ3v) is 11.5. The smallest absolute Gasteiger partial charge is 0.326 e. The first kappa shape index (κ1) is 55.2. The van der Waals surface area contributed by atoms with Gasteiger partial charge in [-0.15, -0.1) is 0 Å². The van der Waals surface area contributed by atoms with Crippen molar-refractivity contribution in [2.45, 2.75) is 162 Å². The summed E-state index contributed by atoms with van der Waals surface area (Å²) in [7, 11) is 4.68. The summed E-state index contributed by atoms with van der Waals surface area (Å²) >= 11 is 0. The van der Waals surface area contributed by atoms with Crippen LogP contribution in [-0.4, -0.2) is 252 Å². The lowest BCUT2D eigenvalue weighted by atomic mass is 9.95. The second-order valence-electron chi connectivity index (χ2n) is 16.0. The van der Waals surface area contributed by atoms with Crippen molar-refractivity contribution in [2.24, 2.45) is 0 Å². The Hall–Kier alpha value is -3.37. The number of carboxylic acid groups (broad SMARTS) is 1. The molecule has 4 amide bonds. The van der Waals surface area contributed by atoms with E-state index in [1.807, 2.05) is 0 Å². The molecule has 9 unspecified atom stereocenters. The summed E-state index contributed by atoms with van der Waals surface area (Å²) in [6.07, 6.45) is -29.1. The SMILES string of the molecule is CO[C@@H]1OC(CO)[C@@H](O)[C@H](O[C@@H]2OC(C(=O)NCCCCC(NC(=O)C3O[C@H](OC4[C@@H](O)C(CO)O[C@H](OC)[C@@H]4NC(C)=O)[C@H](O)C(O)[C@H]3OC)C(=O)O)[C@@H](OC)[C@H](O)C2O)C1NC(C)=O. The van der Waals surface area contributed by atoms with Crippen molar-refractivity contribution in [3.05, 3.63) is 0 Å². The monoisotopic (exact) mass is 960 g/mol. The Balaban J connectivity index is 1.38. The van der Waals surface area contributed by atoms with Crippen LogP contribution in [0.1, 0.15) is 33.1 Å². The molecule has 0 radical (unpaired) electrons. The van der Waals surface area contributed by atoms with Gasteiger partial charge in [-0.2, -0.15) is 0 Å². The predicted molar refractivity (Wildman–Crippen MR) is 212 cm³/mol. The third-order valence-electron chi connectivity index (χ3n) is 11.5. The number of methoxy groups -OCH3 is 4. The average Bonchev–Trinajstić information content (AvgIpc) is 3.27. The van der Waals surface area contributed by atoms with Crippen LogP contribution in [0.15, 0.2) is 0 Å². The van der Waals surface area contributed by atoms with Gasteiger partial charge in [-0.1, -0.05) is 0 Å². The van der Waals surface area contributed by atoms with Crippen LogP contribution in [-0.2, 0) is 71.3 Å². The van der Waals surface area contributed by atoms with E-state index in [4.69, 9.17) is 47.4 Å². The summed E-state index contributed by atoms with van der Waals surface area (Å²) in [4.78, 5) is 63.4. The Kier molecular flexibility index (Phi) is 21.2. The number of hydrogen-bond acceptors (Lipinski definition) is 23. The zero-order chi connectivity index (χ0) is 49.2. The molecule has 28 nitrogen and oxygen atoms in total. The van der Waals surface area contributed by atoms with Gasteiger partial charge < -0.3 is 115 Å². The fourth-order valence-corrected chi connectivity index (χ4v) is 8.09. The summed E-state index contributed by atoms with van der Waals surface area (Å²) in [5.41, 5.74) is 0. The van der Waals surface area contributed by atoms with E-state index < -0.39 is 172 Å². The molecule has 0 spiro atoms. The zero-order valence-electron chi connectivity index (χ0n) is 37.0. The lowest BCUT2D eigenvalue weighted by Crippen LogP contribution is -2.68. The molecule has 66 heavy (non-hydrogen) atoms. The van der Waals surface area contributed by atoms with Crippen molar-refractivity contribution in [1.82, 2.24) is 21.3 Å². The molecule has 380 valence electrons. The number of hydrogen-bond donors (Lipinski definition) is 13. The van der Waals surface area contributed by atoms with E-state index in [2.05, 4.69) is 21.3 Å². The van der Waals surface area contributed by atoms with Gasteiger partial charge >= 0.3 is 5.97 Å². The van der Waals surface area contributed by atoms with E-state index in [-0.39, 0.29) is 25.8 Å². The molecule has 4 heterocycles. The molecule has 4 rings (SSSR count). The summed E-state index contributed by atoms with van der Waals surface area (Å²) in [5.74, 6) is -4.65. The molecule has 13 N–H and O–H groups in total. The van der Waals surface area contributed by atoms with Gasteiger partial charge in [0.15, 0.2) is 37.4 Å². The van der Waals surface area contributed by atoms with Gasteiger partial charge in [-0.05, 0) is 19.3 Å². The lowest BCUT2D eigenvalue weighted by molar-refractivity contribution is -0.338. The molecule has 0 aromatic heterocycles. The Labute approximate surface area is 378 Å². The standard InChI is InChI=1S/C38H64N4O24/c1-13(45)40-18-26(20(47)16(11-43)61-35(18)59-5)63-37-24(51)22(49)28(57-3)30(65-37)32(53)39-10-8-7-9-15(34(55)56)42-33(54)31-29(58-4)23(50)25(52)38(66-31)64-27-19(41-14(2)46)36(60-6)62-17(12-44)21(27)48/h15-31,35-38,43-44,47-52H,7-12H2,1-6H3,(H,39,53)(H,40,45)(H,41,46)(H,42,54)(H,55,56)/t15?,16?,17?,18?,19-,20-,21+,22-,23?,24?,25-,26-,27?,28+,29-,30?,31?,35-,36+,37-,38+/m1/s1. The van der Waals surface area contributed by atoms with Crippen LogP contribution in [0.4, 0.5) is 0 Å². The molecule has 4 fully saturated rings. The zero-order valence-corrected chi connectivity index (χ0v) is 37.0. The van der Waals surface area contributed by atoms with Crippen LogP contribution in [0, 0.1) is 0 Å². The number of carbonyl (C=O) groups excluding carboxylic acids is 4. The van der Waals surface area contributed by atoms with Gasteiger partial charge in [0.25, 0.3) is 11.8 Å². The highest BCUT2D eigenvalue weighted by Gasteiger charge is 2.55. The highest BCUT2D eigenvalue weighted by atomic mass is 16.7. The average molecular weight is 961 g/mol. The van der Waals surface area contributed by atoms with Gasteiger partial charge in [0, 0.05) is 48.8 Å². The third kappa shape index (κ3) is 13.0. The van der Waals surface area contributed by atoms with Crippen LogP contribution in [0.2, 0.25) is 0 Å². The second-order valence-corrected chi connectivity index (χ2v) is 16.0. The van der Waals surface area contributed by atoms with Crippen molar-refractivity contribution in [2.75, 3.05) is 48.2 Å². The number of nitrogens with one attached hydrogen (secondary N) is 4. The van der Waals surface area contributed by atoms with E-state index in [0.29, 0.717) is 0 Å². The first-order valence-electron chi connectivity index (χ1n) is 21.0. The van der Waals surface area contributed by atoms with E-state index in [1.165, 1.54) is 21.1 Å². The van der Waals surface area contributed by atoms with Gasteiger partial charge in [-0.3, -0.25) is 19.2 Å². The molecule has 0 aromatic carbocycles. The van der Waals surface area contributed by atoms with E-state index >= 15 is 0 Å². The Morgan fingerprint density at radius 3 is 1.33 bits per heavy atom. The minimum atomic E-state index is -1.93. The number of unbranched alkanes of at least 4 members (excludes halogenated alkanes) is 1. The maximum atomic E-state index is 13.6. The van der Waals surface area contributed by atoms with Gasteiger partial charge in [0.05, 0.1) is 13.2 Å². The van der Waals surface area contributed by atoms with Crippen molar-refractivity contribution < 1.29 is 117 Å². The molecular weight excluding hydrogens is 896 g/mol. The summed E-state index contributed by atoms with van der Waals surface area (Å²) in [5, 5.41) is 105. The lowest BCUT2D eigenvalue weighted by Gasteiger charge is -2.47. The fourth-order valence-electron chi connectivity index (χ4n) is 8.09. The Morgan fingerprint density at radius 2 is 0.970 bits per heavy atom. The predicted octanol–water partition coefficient (Wildman–Crippen LogP) is -8.01. The summed E-state index contributed by atoms with van der Waals surface area (Å²) in [6, 6.07) is -4.06. The van der Waals surface area contributed by atoms with Crippen LogP contribution < -0.4 is 21.3 Å². The van der Waals surface area contributed by atoms with Crippen LogP contribution in [0.3, 0.4) is 0 Å². The van der Waals surface area contributed by atoms with Gasteiger partial charge in [-0.25, -0.2) is 4.79 Å². The number of aliphatic carboxylic acids is 1. The number of aliphatic hydroxyl groups is 8. The number of aliphatic hydroxyl groups excluding tert-OH is 8. The van der Waals surface area contributed by atoms with Gasteiger partial charge in [0.1, 0.15) is 91.4 Å². The van der Waals surface area contributed by atoms with Crippen molar-refractivity contribution in [3.8, 4) is 0 Å². The molecule has 0 aliphatic carbocycles. The first-order valence-corrected chi connectivity index (χ1v) is 21.0. The van der Waals surface area contributed by atoms with Crippen LogP contribution in [0.25, 0.3) is 0 Å². The largest absolute Gasteiger partial charge is 0.480 e. The summed E-state index contributed by atoms with van der Waals surface area (Å²) < 4.78 is 55.2. The van der Waals surface area contributed by atoms with E-state index in [9.17, 15) is 69.9 Å². The number of rotatable bonds is 21. The Bertz CT molecular complexity index is 1600. The van der Waals surface area contributed by atoms with Crippen LogP contribution in [0.5, 0.6) is 0 Å². The van der Waals surface area contributed by atoms with Crippen LogP contribution >= 0.6 is 0 Å². The maximum absolute atomic E-state index is 13.6. The molecule has 0 bridgehead atoms. The number of carbonyl (C=O) groups is 5. The second kappa shape index (κ2) is 25.3. The molecule has 4 saturated heterocycles. The quantitative estimate of drug-likeness (QED) is 0.0475. The summed E-state index contributed by atoms with van der Waals surface area (Å²) in [6.45, 7) is 0.775. The molecule has 21 atom stereocenters. The van der Waals surface area contributed by atoms with Gasteiger partial charge in [0.2, 0.25) is 11.8 Å². The maximum Gasteiger partial charge on any atom is 0.326 e. The molecule has 4 aliphatic heterocycles. The highest BCUT2D eigenvalue weighted by Crippen LogP contribution is 2.32. The molecule has 28 heteroatoms. The van der Waals surface area contributed by atoms with Crippen molar-refractivity contribution >= 4 is 29.6 Å². The topological polar surface area (TPSA) is 408 Å². The highest BCUT2D eigenvalue weighted by molar-refractivity contribution is 5.87. The molecule has 0 saturated carbocycles. The van der Waals surface area contributed by atoms with E-state index in [1.54, 1.807) is 0 Å². The number of ether oxygens (including phenoxy) is 10. The number of amides is 4. The number of carboxylic acids is 1. The van der Waals surface area contributed by atoms with E-state index in [0.717, 1.165) is 21.1 Å². The normalized spacial score (nSPS) is 39.8. The molecular formula is C38H64N4O24. The Morgan fingerprint density at radius 1 is 0.545 bits per heavy atom. The minimum absolute atomic E-state index is 0.0634. The molecule has 4 aliphatic rings. The fraction of sp³-hybridized carbons (Fsp3) is 0.868. The molecule has 0 aromatic rings.